The van der Waals surface area contributed by atoms with Crippen LogP contribution in [0.1, 0.15) is 5.56 Å². The number of hydrogen-bond acceptors (Lipinski definition) is 3. The van der Waals surface area contributed by atoms with Gasteiger partial charge in [0.25, 0.3) is 16.4 Å². The molecule has 0 fully saturated rings. The molecule has 23 heavy (non-hydrogen) atoms. The summed E-state index contributed by atoms with van der Waals surface area (Å²) in [6.45, 7) is 0.873. The van der Waals surface area contributed by atoms with Crippen LogP contribution in [0.3, 0.4) is 0 Å². The van der Waals surface area contributed by atoms with Crippen LogP contribution in [-0.2, 0) is 10.0 Å². The van der Waals surface area contributed by atoms with Gasteiger partial charge in [0.15, 0.2) is 0 Å². The molecule has 0 radical (unpaired) electrons. The molecule has 2 aromatic carbocycles. The molecule has 0 spiro atoms. The molecular formula is C15H14F3NO3S. The maximum absolute atomic E-state index is 13.3. The quantitative estimate of drug-likeness (QED) is 0.871. The van der Waals surface area contributed by atoms with E-state index < -0.39 is 28.9 Å². The van der Waals surface area contributed by atoms with Crippen molar-refractivity contribution in [2.75, 3.05) is 11.3 Å². The highest BCUT2D eigenvalue weighted by Gasteiger charge is 2.18. The Hall–Kier alpha value is -2.22. The maximum atomic E-state index is 13.3. The Kier molecular flexibility index (Phi) is 5.15. The first kappa shape index (κ1) is 17.1. The largest absolute Gasteiger partial charge is 0.485 e. The summed E-state index contributed by atoms with van der Waals surface area (Å²) in [4.78, 5) is -0.0350. The van der Waals surface area contributed by atoms with E-state index in [1.165, 1.54) is 12.1 Å². The first-order chi connectivity index (χ1) is 10.8. The summed E-state index contributed by atoms with van der Waals surface area (Å²) in [5.74, 6) is -0.904. The normalized spacial score (nSPS) is 11.5. The highest BCUT2D eigenvalue weighted by Crippen LogP contribution is 2.28. The standard InChI is InChI=1S/C15H14F3NO3S/c1-10-2-5-12(6-3-10)23(20,21)19-13-8-11(16)4-7-14(13)22-9-15(17)18/h2-8,15,19H,9H2,1H3. The number of ether oxygens (including phenoxy) is 1. The van der Waals surface area contributed by atoms with E-state index in [0.717, 1.165) is 23.8 Å². The monoisotopic (exact) mass is 345 g/mol. The van der Waals surface area contributed by atoms with Gasteiger partial charge in [-0.25, -0.2) is 21.6 Å². The van der Waals surface area contributed by atoms with Crippen molar-refractivity contribution in [2.24, 2.45) is 0 Å². The van der Waals surface area contributed by atoms with Crippen LogP contribution >= 0.6 is 0 Å². The van der Waals surface area contributed by atoms with E-state index in [-0.39, 0.29) is 16.3 Å². The minimum atomic E-state index is -3.99. The van der Waals surface area contributed by atoms with Crippen molar-refractivity contribution in [3.05, 3.63) is 53.8 Å². The predicted molar refractivity (Wildman–Crippen MR) is 79.9 cm³/mol. The summed E-state index contributed by atoms with van der Waals surface area (Å²) < 4.78 is 69.3. The van der Waals surface area contributed by atoms with E-state index in [1.807, 2.05) is 0 Å². The van der Waals surface area contributed by atoms with Crippen LogP contribution in [0.25, 0.3) is 0 Å². The van der Waals surface area contributed by atoms with Crippen LogP contribution in [0.4, 0.5) is 18.9 Å². The Balaban J connectivity index is 2.30. The fraction of sp³-hybridized carbons (Fsp3) is 0.200. The number of hydrogen-bond donors (Lipinski definition) is 1. The van der Waals surface area contributed by atoms with Gasteiger partial charge >= 0.3 is 0 Å². The first-order valence-electron chi connectivity index (χ1n) is 6.58. The minimum Gasteiger partial charge on any atom is -0.485 e. The average molecular weight is 345 g/mol. The minimum absolute atomic E-state index is 0.0350. The second-order valence-electron chi connectivity index (χ2n) is 4.76. The number of sulfonamides is 1. The first-order valence-corrected chi connectivity index (χ1v) is 8.06. The molecule has 0 aliphatic heterocycles. The van der Waals surface area contributed by atoms with E-state index in [1.54, 1.807) is 19.1 Å². The summed E-state index contributed by atoms with van der Waals surface area (Å²) >= 11 is 0. The lowest BCUT2D eigenvalue weighted by Gasteiger charge is -2.14. The van der Waals surface area contributed by atoms with Gasteiger partial charge in [0.1, 0.15) is 18.2 Å². The van der Waals surface area contributed by atoms with Gasteiger partial charge in [-0.1, -0.05) is 17.7 Å². The fourth-order valence-corrected chi connectivity index (χ4v) is 2.84. The highest BCUT2D eigenvalue weighted by molar-refractivity contribution is 7.92. The molecule has 0 aliphatic rings. The average Bonchev–Trinajstić information content (AvgIpc) is 2.46. The molecule has 0 bridgehead atoms. The topological polar surface area (TPSA) is 55.4 Å². The molecular weight excluding hydrogens is 331 g/mol. The molecule has 2 aromatic rings. The zero-order chi connectivity index (χ0) is 17.0. The lowest BCUT2D eigenvalue weighted by molar-refractivity contribution is 0.0822. The van der Waals surface area contributed by atoms with Crippen molar-refractivity contribution >= 4 is 15.7 Å². The summed E-state index contributed by atoms with van der Waals surface area (Å²) in [5, 5.41) is 0. The molecule has 8 heteroatoms. The van der Waals surface area contributed by atoms with Crippen molar-refractivity contribution < 1.29 is 26.3 Å². The van der Waals surface area contributed by atoms with Gasteiger partial charge in [0.2, 0.25) is 0 Å². The summed E-state index contributed by atoms with van der Waals surface area (Å²) in [7, 11) is -3.99. The third kappa shape index (κ3) is 4.62. The molecule has 0 heterocycles. The molecule has 0 amide bonds. The molecule has 0 aliphatic carbocycles. The Morgan fingerprint density at radius 2 is 1.78 bits per heavy atom. The van der Waals surface area contributed by atoms with Crippen LogP contribution < -0.4 is 9.46 Å². The molecule has 124 valence electrons. The van der Waals surface area contributed by atoms with Crippen LogP contribution in [0.15, 0.2) is 47.4 Å². The van der Waals surface area contributed by atoms with E-state index in [2.05, 4.69) is 4.72 Å². The van der Waals surface area contributed by atoms with Gasteiger partial charge < -0.3 is 4.74 Å². The smallest absolute Gasteiger partial charge is 0.272 e. The van der Waals surface area contributed by atoms with Gasteiger partial charge in [-0.15, -0.1) is 0 Å². The molecule has 0 unspecified atom stereocenters. The fourth-order valence-electron chi connectivity index (χ4n) is 1.78. The van der Waals surface area contributed by atoms with Crippen molar-refractivity contribution in [2.45, 2.75) is 18.2 Å². The number of rotatable bonds is 6. The Morgan fingerprint density at radius 3 is 2.39 bits per heavy atom. The van der Waals surface area contributed by atoms with Crippen LogP contribution in [0.2, 0.25) is 0 Å². The van der Waals surface area contributed by atoms with Crippen LogP contribution in [0, 0.1) is 12.7 Å². The van der Waals surface area contributed by atoms with Crippen molar-refractivity contribution in [3.8, 4) is 5.75 Å². The van der Waals surface area contributed by atoms with Gasteiger partial charge in [-0.3, -0.25) is 4.72 Å². The Bertz CT molecular complexity index is 777. The van der Waals surface area contributed by atoms with Gasteiger partial charge in [0.05, 0.1) is 10.6 Å². The number of nitrogens with one attached hydrogen (secondary N) is 1. The maximum Gasteiger partial charge on any atom is 0.272 e. The molecule has 0 atom stereocenters. The van der Waals surface area contributed by atoms with E-state index >= 15 is 0 Å². The predicted octanol–water partition coefficient (Wildman–Crippen LogP) is 3.58. The highest BCUT2D eigenvalue weighted by atomic mass is 32.2. The Labute approximate surface area is 132 Å². The molecule has 0 saturated carbocycles. The second-order valence-corrected chi connectivity index (χ2v) is 6.44. The van der Waals surface area contributed by atoms with E-state index in [9.17, 15) is 21.6 Å². The van der Waals surface area contributed by atoms with Crippen molar-refractivity contribution in [1.29, 1.82) is 0 Å². The molecule has 2 rings (SSSR count). The van der Waals surface area contributed by atoms with Gasteiger partial charge in [0, 0.05) is 6.07 Å². The number of benzene rings is 2. The second kappa shape index (κ2) is 6.91. The third-order valence-corrected chi connectivity index (χ3v) is 4.26. The zero-order valence-electron chi connectivity index (χ0n) is 12.1. The third-order valence-electron chi connectivity index (χ3n) is 2.88. The summed E-state index contributed by atoms with van der Waals surface area (Å²) in [6.07, 6.45) is -2.73. The number of aryl methyl sites for hydroxylation is 1. The molecule has 0 aromatic heterocycles. The number of anilines is 1. The molecule has 4 nitrogen and oxygen atoms in total. The van der Waals surface area contributed by atoms with Crippen molar-refractivity contribution in [1.82, 2.24) is 0 Å². The van der Waals surface area contributed by atoms with Gasteiger partial charge in [-0.2, -0.15) is 0 Å². The van der Waals surface area contributed by atoms with E-state index in [4.69, 9.17) is 4.74 Å². The summed E-state index contributed by atoms with van der Waals surface area (Å²) in [6, 6.07) is 8.93. The molecule has 1 N–H and O–H groups in total. The Morgan fingerprint density at radius 1 is 1.13 bits per heavy atom. The SMILES string of the molecule is Cc1ccc(S(=O)(=O)Nc2cc(F)ccc2OCC(F)F)cc1. The summed E-state index contributed by atoms with van der Waals surface area (Å²) in [5.41, 5.74) is 0.627. The zero-order valence-corrected chi connectivity index (χ0v) is 12.9. The van der Waals surface area contributed by atoms with Crippen LogP contribution in [-0.4, -0.2) is 21.5 Å². The molecule has 0 saturated heterocycles. The lowest BCUT2D eigenvalue weighted by Crippen LogP contribution is -2.15. The van der Waals surface area contributed by atoms with Crippen LogP contribution in [0.5, 0.6) is 5.75 Å². The van der Waals surface area contributed by atoms with Crippen molar-refractivity contribution in [3.63, 3.8) is 0 Å². The van der Waals surface area contributed by atoms with Gasteiger partial charge in [-0.05, 0) is 31.2 Å². The van der Waals surface area contributed by atoms with E-state index in [0.29, 0.717) is 0 Å². The lowest BCUT2D eigenvalue weighted by atomic mass is 10.2. The number of alkyl halides is 2. The number of halogens is 3.